The first-order valence-corrected chi connectivity index (χ1v) is 6.07. The maximum atomic E-state index is 13.8. The molecule has 2 nitrogen and oxygen atoms in total. The topological polar surface area (TPSA) is 29.3 Å². The van der Waals surface area contributed by atoms with E-state index in [2.05, 4.69) is 18.7 Å². The van der Waals surface area contributed by atoms with E-state index in [9.17, 15) is 4.39 Å². The van der Waals surface area contributed by atoms with Gasteiger partial charge in [0.25, 0.3) is 0 Å². The lowest BCUT2D eigenvalue weighted by Crippen LogP contribution is -2.23. The van der Waals surface area contributed by atoms with Gasteiger partial charge in [-0.25, -0.2) is 4.39 Å². The molecule has 0 saturated carbocycles. The summed E-state index contributed by atoms with van der Waals surface area (Å²) in [6.45, 7) is 5.82. The van der Waals surface area contributed by atoms with Crippen LogP contribution >= 0.6 is 12.2 Å². The van der Waals surface area contributed by atoms with Gasteiger partial charge in [-0.05, 0) is 19.0 Å². The fourth-order valence-electron chi connectivity index (χ4n) is 1.81. The SMILES string of the molecule is CC(C)CN(C)Cc1ccc(C(N)=S)cc1F. The van der Waals surface area contributed by atoms with Crippen molar-refractivity contribution in [2.75, 3.05) is 13.6 Å². The molecule has 0 fully saturated rings. The molecule has 0 atom stereocenters. The van der Waals surface area contributed by atoms with Crippen molar-refractivity contribution in [1.82, 2.24) is 4.90 Å². The van der Waals surface area contributed by atoms with Crippen molar-refractivity contribution >= 4 is 17.2 Å². The smallest absolute Gasteiger partial charge is 0.128 e. The van der Waals surface area contributed by atoms with Crippen LogP contribution in [0.25, 0.3) is 0 Å². The second-order valence-electron chi connectivity index (χ2n) is 4.76. The van der Waals surface area contributed by atoms with E-state index in [1.165, 1.54) is 6.07 Å². The number of rotatable bonds is 5. The molecule has 0 unspecified atom stereocenters. The van der Waals surface area contributed by atoms with E-state index in [1.54, 1.807) is 12.1 Å². The Morgan fingerprint density at radius 3 is 2.59 bits per heavy atom. The lowest BCUT2D eigenvalue weighted by molar-refractivity contribution is 0.284. The summed E-state index contributed by atoms with van der Waals surface area (Å²) in [5.74, 6) is 0.324. The Morgan fingerprint density at radius 2 is 2.12 bits per heavy atom. The third-order valence-electron chi connectivity index (χ3n) is 2.45. The molecule has 0 heterocycles. The van der Waals surface area contributed by atoms with Crippen molar-refractivity contribution in [3.63, 3.8) is 0 Å². The summed E-state index contributed by atoms with van der Waals surface area (Å²) >= 11 is 4.81. The highest BCUT2D eigenvalue weighted by Crippen LogP contribution is 2.13. The molecule has 0 aliphatic carbocycles. The number of nitrogens with zero attached hydrogens (tertiary/aromatic N) is 1. The molecule has 0 saturated heterocycles. The molecule has 94 valence electrons. The molecule has 0 radical (unpaired) electrons. The van der Waals surface area contributed by atoms with Gasteiger partial charge in [0.2, 0.25) is 0 Å². The van der Waals surface area contributed by atoms with Crippen LogP contribution in [0.1, 0.15) is 25.0 Å². The minimum Gasteiger partial charge on any atom is -0.389 e. The number of hydrogen-bond donors (Lipinski definition) is 1. The summed E-state index contributed by atoms with van der Waals surface area (Å²) in [7, 11) is 1.99. The molecule has 0 aliphatic rings. The molecule has 1 aromatic rings. The lowest BCUT2D eigenvalue weighted by atomic mass is 10.1. The molecule has 1 rings (SSSR count). The van der Waals surface area contributed by atoms with Crippen molar-refractivity contribution in [2.45, 2.75) is 20.4 Å². The second-order valence-corrected chi connectivity index (χ2v) is 5.20. The highest BCUT2D eigenvalue weighted by molar-refractivity contribution is 7.80. The standard InChI is InChI=1S/C13H19FN2S/c1-9(2)7-16(3)8-11-5-4-10(13(15)17)6-12(11)14/h4-6,9H,7-8H2,1-3H3,(H2,15,17). The molecular weight excluding hydrogens is 235 g/mol. The van der Waals surface area contributed by atoms with E-state index in [0.717, 1.165) is 6.54 Å². The molecule has 4 heteroatoms. The summed E-state index contributed by atoms with van der Waals surface area (Å²) in [5, 5.41) is 0. The van der Waals surface area contributed by atoms with Crippen LogP contribution in [0.2, 0.25) is 0 Å². The molecule has 17 heavy (non-hydrogen) atoms. The summed E-state index contributed by atoms with van der Waals surface area (Å²) in [4.78, 5) is 2.33. The Labute approximate surface area is 108 Å². The second kappa shape index (κ2) is 6.07. The third kappa shape index (κ3) is 4.40. The first-order chi connectivity index (χ1) is 7.90. The first kappa shape index (κ1) is 14.1. The minimum absolute atomic E-state index is 0.228. The van der Waals surface area contributed by atoms with Crippen LogP contribution in [-0.2, 0) is 6.54 Å². The maximum absolute atomic E-state index is 13.8. The summed E-state index contributed by atoms with van der Waals surface area (Å²) in [5.41, 5.74) is 6.71. The van der Waals surface area contributed by atoms with Gasteiger partial charge < -0.3 is 10.6 Å². The highest BCUT2D eigenvalue weighted by atomic mass is 32.1. The van der Waals surface area contributed by atoms with Crippen molar-refractivity contribution < 1.29 is 4.39 Å². The van der Waals surface area contributed by atoms with Gasteiger partial charge in [0.1, 0.15) is 10.8 Å². The predicted octanol–water partition coefficient (Wildman–Crippen LogP) is 2.55. The Hall–Kier alpha value is -1.00. The van der Waals surface area contributed by atoms with E-state index >= 15 is 0 Å². The van der Waals surface area contributed by atoms with Crippen LogP contribution in [0, 0.1) is 11.7 Å². The molecule has 0 aromatic heterocycles. The zero-order valence-electron chi connectivity index (χ0n) is 10.5. The van der Waals surface area contributed by atoms with Crippen molar-refractivity contribution in [3.8, 4) is 0 Å². The normalized spacial score (nSPS) is 11.2. The lowest BCUT2D eigenvalue weighted by Gasteiger charge is -2.19. The number of halogens is 1. The summed E-state index contributed by atoms with van der Waals surface area (Å²) in [6.07, 6.45) is 0. The fourth-order valence-corrected chi connectivity index (χ4v) is 1.93. The Balaban J connectivity index is 2.75. The van der Waals surface area contributed by atoms with Gasteiger partial charge in [0.05, 0.1) is 0 Å². The quantitative estimate of drug-likeness (QED) is 0.819. The van der Waals surface area contributed by atoms with E-state index in [-0.39, 0.29) is 10.8 Å². The highest BCUT2D eigenvalue weighted by Gasteiger charge is 2.08. The number of nitrogens with two attached hydrogens (primary N) is 1. The van der Waals surface area contributed by atoms with E-state index in [4.69, 9.17) is 18.0 Å². The van der Waals surface area contributed by atoms with Gasteiger partial charge in [-0.2, -0.15) is 0 Å². The number of benzene rings is 1. The van der Waals surface area contributed by atoms with Crippen LogP contribution < -0.4 is 5.73 Å². The van der Waals surface area contributed by atoms with Gasteiger partial charge in [0, 0.05) is 24.2 Å². The fraction of sp³-hybridized carbons (Fsp3) is 0.462. The first-order valence-electron chi connectivity index (χ1n) is 5.67. The average Bonchev–Trinajstić information content (AvgIpc) is 2.19. The van der Waals surface area contributed by atoms with E-state index < -0.39 is 0 Å². The van der Waals surface area contributed by atoms with Crippen LogP contribution in [0.3, 0.4) is 0 Å². The van der Waals surface area contributed by atoms with Crippen molar-refractivity contribution in [2.24, 2.45) is 11.7 Å². The zero-order chi connectivity index (χ0) is 13.0. The van der Waals surface area contributed by atoms with Crippen molar-refractivity contribution in [3.05, 3.63) is 35.1 Å². The van der Waals surface area contributed by atoms with Gasteiger partial charge in [-0.1, -0.05) is 38.2 Å². The molecule has 0 amide bonds. The summed E-state index contributed by atoms with van der Waals surface area (Å²) < 4.78 is 13.8. The molecule has 0 spiro atoms. The average molecular weight is 254 g/mol. The molecule has 0 aliphatic heterocycles. The summed E-state index contributed by atoms with van der Waals surface area (Å²) in [6, 6.07) is 4.92. The molecular formula is C13H19FN2S. The maximum Gasteiger partial charge on any atom is 0.128 e. The van der Waals surface area contributed by atoms with Crippen LogP contribution in [0.5, 0.6) is 0 Å². The van der Waals surface area contributed by atoms with Crippen LogP contribution in [0.15, 0.2) is 18.2 Å². The zero-order valence-corrected chi connectivity index (χ0v) is 11.4. The molecule has 1 aromatic carbocycles. The van der Waals surface area contributed by atoms with Gasteiger partial charge in [0.15, 0.2) is 0 Å². The third-order valence-corrected chi connectivity index (χ3v) is 2.69. The van der Waals surface area contributed by atoms with E-state index in [0.29, 0.717) is 23.6 Å². The largest absolute Gasteiger partial charge is 0.389 e. The van der Waals surface area contributed by atoms with Crippen molar-refractivity contribution in [1.29, 1.82) is 0 Å². The monoisotopic (exact) mass is 254 g/mol. The number of hydrogen-bond acceptors (Lipinski definition) is 2. The molecule has 2 N–H and O–H groups in total. The predicted molar refractivity (Wildman–Crippen MR) is 73.5 cm³/mol. The number of thiocarbonyl (C=S) groups is 1. The van der Waals surface area contributed by atoms with Crippen LogP contribution in [0.4, 0.5) is 4.39 Å². The van der Waals surface area contributed by atoms with E-state index in [1.807, 2.05) is 7.05 Å². The Bertz CT molecular complexity index is 404. The van der Waals surface area contributed by atoms with Crippen LogP contribution in [-0.4, -0.2) is 23.5 Å². The van der Waals surface area contributed by atoms with Gasteiger partial charge >= 0.3 is 0 Å². The Morgan fingerprint density at radius 1 is 1.47 bits per heavy atom. The van der Waals surface area contributed by atoms with Gasteiger partial charge in [-0.15, -0.1) is 0 Å². The molecule has 0 bridgehead atoms. The Kier molecular flexibility index (Phi) is 5.02. The van der Waals surface area contributed by atoms with Gasteiger partial charge in [-0.3, -0.25) is 0 Å². The minimum atomic E-state index is -0.245.